The molecule has 0 radical (unpaired) electrons. The van der Waals surface area contributed by atoms with Crippen molar-refractivity contribution in [3.8, 4) is 11.4 Å². The number of hydrogen-bond acceptors (Lipinski definition) is 4. The van der Waals surface area contributed by atoms with E-state index < -0.39 is 43.0 Å². The monoisotopic (exact) mass is 383 g/mol. The number of methoxy groups -OCH3 is 1. The quantitative estimate of drug-likeness (QED) is 0.875. The topological polar surface area (TPSA) is 84.7 Å². The van der Waals surface area contributed by atoms with E-state index in [0.717, 1.165) is 4.90 Å². The van der Waals surface area contributed by atoms with Crippen molar-refractivity contribution < 1.29 is 32.6 Å². The smallest absolute Gasteiger partial charge is 0.394 e. The van der Waals surface area contributed by atoms with Gasteiger partial charge in [0, 0.05) is 13.1 Å². The maximum absolute atomic E-state index is 13.1. The zero-order chi connectivity index (χ0) is 19.8. The molecule has 1 aromatic carbocycles. The van der Waals surface area contributed by atoms with Crippen LogP contribution in [-0.4, -0.2) is 58.0 Å². The molecule has 10 heteroatoms. The Kier molecular flexibility index (Phi) is 4.81. The van der Waals surface area contributed by atoms with Crippen LogP contribution in [0.25, 0.3) is 5.69 Å². The van der Waals surface area contributed by atoms with Crippen LogP contribution in [0.1, 0.15) is 10.5 Å². The van der Waals surface area contributed by atoms with Crippen LogP contribution in [0.2, 0.25) is 0 Å². The lowest BCUT2D eigenvalue weighted by molar-refractivity contribution is -0.187. The minimum Gasteiger partial charge on any atom is -0.493 e. The molecule has 0 bridgehead atoms. The van der Waals surface area contributed by atoms with Gasteiger partial charge in [-0.3, -0.25) is 9.59 Å². The van der Waals surface area contributed by atoms with E-state index in [-0.39, 0.29) is 11.4 Å². The average molecular weight is 383 g/mol. The number of benzene rings is 1. The van der Waals surface area contributed by atoms with Gasteiger partial charge in [0.15, 0.2) is 11.4 Å². The van der Waals surface area contributed by atoms with Crippen molar-refractivity contribution in [1.82, 2.24) is 14.7 Å². The highest BCUT2D eigenvalue weighted by atomic mass is 19.4. The van der Waals surface area contributed by atoms with Crippen LogP contribution in [0.15, 0.2) is 36.5 Å². The minimum atomic E-state index is -4.72. The number of aromatic nitrogens is 2. The molecule has 1 aliphatic rings. The molecule has 1 amide bonds. The van der Waals surface area contributed by atoms with Gasteiger partial charge in [-0.05, 0) is 12.1 Å². The van der Waals surface area contributed by atoms with Gasteiger partial charge in [0.25, 0.3) is 5.91 Å². The summed E-state index contributed by atoms with van der Waals surface area (Å²) in [6.07, 6.45) is -3.28. The molecule has 1 aromatic heterocycles. The van der Waals surface area contributed by atoms with Gasteiger partial charge in [0.2, 0.25) is 0 Å². The van der Waals surface area contributed by atoms with Crippen LogP contribution < -0.4 is 4.74 Å². The molecule has 1 N–H and O–H groups in total. The average Bonchev–Trinajstić information content (AvgIpc) is 3.26. The molecule has 0 spiro atoms. The standard InChI is InChI=1S/C17H16F3N3O4/c1-27-13-9-23(10-5-3-2-4-6-10)21-14(13)15(24)22-7-11(16(25)26)12(8-22)17(18,19)20/h2-6,9,11-12H,7-8H2,1H3,(H,25,26)/t11-,12-/m1/s1. The van der Waals surface area contributed by atoms with E-state index in [1.807, 2.05) is 0 Å². The van der Waals surface area contributed by atoms with E-state index in [1.165, 1.54) is 18.0 Å². The largest absolute Gasteiger partial charge is 0.493 e. The van der Waals surface area contributed by atoms with Gasteiger partial charge in [-0.15, -0.1) is 0 Å². The number of carbonyl (C=O) groups is 2. The normalized spacial score (nSPS) is 19.9. The van der Waals surface area contributed by atoms with Gasteiger partial charge in [-0.25, -0.2) is 4.68 Å². The molecule has 0 aliphatic carbocycles. The van der Waals surface area contributed by atoms with Crippen molar-refractivity contribution in [2.24, 2.45) is 11.8 Å². The van der Waals surface area contributed by atoms with Gasteiger partial charge in [-0.2, -0.15) is 18.3 Å². The number of hydrogen-bond donors (Lipinski definition) is 1. The van der Waals surface area contributed by atoms with Gasteiger partial charge in [0.05, 0.1) is 30.8 Å². The van der Waals surface area contributed by atoms with Crippen LogP contribution in [0.3, 0.4) is 0 Å². The zero-order valence-electron chi connectivity index (χ0n) is 14.2. The number of alkyl halides is 3. The maximum atomic E-state index is 13.1. The van der Waals surface area contributed by atoms with Gasteiger partial charge in [0.1, 0.15) is 0 Å². The Balaban J connectivity index is 1.90. The second kappa shape index (κ2) is 6.93. The van der Waals surface area contributed by atoms with E-state index in [9.17, 15) is 22.8 Å². The molecule has 7 nitrogen and oxygen atoms in total. The third-order valence-corrected chi connectivity index (χ3v) is 4.47. The number of carboxylic acids is 1. The van der Waals surface area contributed by atoms with Gasteiger partial charge in [-0.1, -0.05) is 18.2 Å². The second-order valence-corrected chi connectivity index (χ2v) is 6.13. The van der Waals surface area contributed by atoms with Crippen molar-refractivity contribution in [1.29, 1.82) is 0 Å². The summed E-state index contributed by atoms with van der Waals surface area (Å²) in [5.41, 5.74) is 0.459. The number of likely N-dealkylation sites (tertiary alicyclic amines) is 1. The molecule has 2 heterocycles. The van der Waals surface area contributed by atoms with Crippen LogP contribution in [0.5, 0.6) is 5.75 Å². The number of carbonyl (C=O) groups excluding carboxylic acids is 1. The van der Waals surface area contributed by atoms with E-state index in [0.29, 0.717) is 5.69 Å². The maximum Gasteiger partial charge on any atom is 0.394 e. The molecule has 1 fully saturated rings. The third kappa shape index (κ3) is 3.60. The van der Waals surface area contributed by atoms with Crippen molar-refractivity contribution in [3.63, 3.8) is 0 Å². The lowest BCUT2D eigenvalue weighted by Gasteiger charge is -2.18. The Labute approximate surface area is 151 Å². The molecule has 2 atom stereocenters. The lowest BCUT2D eigenvalue weighted by atomic mass is 9.96. The summed E-state index contributed by atoms with van der Waals surface area (Å²) in [4.78, 5) is 24.8. The predicted molar refractivity (Wildman–Crippen MR) is 86.7 cm³/mol. The van der Waals surface area contributed by atoms with E-state index in [1.54, 1.807) is 30.3 Å². The van der Waals surface area contributed by atoms with E-state index in [4.69, 9.17) is 9.84 Å². The Hall–Kier alpha value is -3.04. The van der Waals surface area contributed by atoms with Crippen molar-refractivity contribution in [3.05, 3.63) is 42.2 Å². The number of nitrogens with zero attached hydrogens (tertiary/aromatic N) is 3. The molecule has 2 aromatic rings. The molecule has 144 valence electrons. The molecular weight excluding hydrogens is 367 g/mol. The Morgan fingerprint density at radius 1 is 1.22 bits per heavy atom. The molecule has 27 heavy (non-hydrogen) atoms. The molecule has 0 unspecified atom stereocenters. The number of rotatable bonds is 4. The highest BCUT2D eigenvalue weighted by molar-refractivity contribution is 5.95. The van der Waals surface area contributed by atoms with Crippen molar-refractivity contribution in [2.75, 3.05) is 20.2 Å². The first kappa shape index (κ1) is 18.7. The van der Waals surface area contributed by atoms with Gasteiger partial charge >= 0.3 is 12.1 Å². The van der Waals surface area contributed by atoms with Crippen molar-refractivity contribution >= 4 is 11.9 Å². The van der Waals surface area contributed by atoms with Crippen LogP contribution in [-0.2, 0) is 4.79 Å². The summed E-state index contributed by atoms with van der Waals surface area (Å²) in [7, 11) is 1.31. The molecule has 0 saturated carbocycles. The zero-order valence-corrected chi connectivity index (χ0v) is 14.2. The summed E-state index contributed by atoms with van der Waals surface area (Å²) >= 11 is 0. The SMILES string of the molecule is COc1cn(-c2ccccc2)nc1C(=O)N1C[C@@H](C(F)(F)F)[C@H](C(=O)O)C1. The fourth-order valence-corrected chi connectivity index (χ4v) is 3.07. The minimum absolute atomic E-state index is 0.0891. The molecule has 1 saturated heterocycles. The van der Waals surface area contributed by atoms with E-state index in [2.05, 4.69) is 5.10 Å². The summed E-state index contributed by atoms with van der Waals surface area (Å²) < 4.78 is 45.9. The Morgan fingerprint density at radius 2 is 1.89 bits per heavy atom. The number of para-hydroxylation sites is 1. The Morgan fingerprint density at radius 3 is 2.41 bits per heavy atom. The summed E-state index contributed by atoms with van der Waals surface area (Å²) in [5.74, 6) is -6.14. The van der Waals surface area contributed by atoms with Crippen molar-refractivity contribution in [2.45, 2.75) is 6.18 Å². The third-order valence-electron chi connectivity index (χ3n) is 4.47. The fourth-order valence-electron chi connectivity index (χ4n) is 3.07. The van der Waals surface area contributed by atoms with Crippen LogP contribution in [0.4, 0.5) is 13.2 Å². The summed E-state index contributed by atoms with van der Waals surface area (Å²) in [6.45, 7) is -1.28. The number of carboxylic acid groups (broad SMARTS) is 1. The molecule has 1 aliphatic heterocycles. The highest BCUT2D eigenvalue weighted by Gasteiger charge is 2.53. The summed E-state index contributed by atoms with van der Waals surface area (Å²) in [5, 5.41) is 13.2. The predicted octanol–water partition coefficient (Wildman–Crippen LogP) is 2.22. The Bertz CT molecular complexity index is 851. The number of amides is 1. The molecule has 3 rings (SSSR count). The first-order chi connectivity index (χ1) is 12.7. The summed E-state index contributed by atoms with van der Waals surface area (Å²) in [6, 6.07) is 8.78. The number of halogens is 3. The second-order valence-electron chi connectivity index (χ2n) is 6.13. The number of aliphatic carboxylic acids is 1. The highest BCUT2D eigenvalue weighted by Crippen LogP contribution is 2.38. The van der Waals surface area contributed by atoms with E-state index >= 15 is 0 Å². The molecular formula is C17H16F3N3O4. The first-order valence-corrected chi connectivity index (χ1v) is 8.00. The first-order valence-electron chi connectivity index (χ1n) is 8.00. The number of ether oxygens (including phenoxy) is 1. The van der Waals surface area contributed by atoms with Gasteiger partial charge < -0.3 is 14.7 Å². The van der Waals surface area contributed by atoms with Crippen LogP contribution >= 0.6 is 0 Å². The fraction of sp³-hybridized carbons (Fsp3) is 0.353. The van der Waals surface area contributed by atoms with Crippen LogP contribution in [0, 0.1) is 11.8 Å². The lowest BCUT2D eigenvalue weighted by Crippen LogP contribution is -2.34.